The molecule has 0 aliphatic rings. The van der Waals surface area contributed by atoms with Crippen LogP contribution >= 0.6 is 15.9 Å². The lowest BCUT2D eigenvalue weighted by Crippen LogP contribution is -2.06. The van der Waals surface area contributed by atoms with E-state index in [1.807, 2.05) is 0 Å². The predicted molar refractivity (Wildman–Crippen MR) is 50.3 cm³/mol. The molecule has 0 N–H and O–H groups in total. The summed E-state index contributed by atoms with van der Waals surface area (Å²) in [6.45, 7) is 0.862. The maximum Gasteiger partial charge on any atom is 0.270 e. The van der Waals surface area contributed by atoms with E-state index in [2.05, 4.69) is 15.9 Å². The van der Waals surface area contributed by atoms with Crippen LogP contribution in [0.15, 0.2) is 22.7 Å². The van der Waals surface area contributed by atoms with E-state index in [9.17, 15) is 8.78 Å². The van der Waals surface area contributed by atoms with Gasteiger partial charge in [0.05, 0.1) is 11.6 Å². The molecule has 0 unspecified atom stereocenters. The molecule has 0 saturated heterocycles. The number of benzene rings is 1. The third-order valence-electron chi connectivity index (χ3n) is 1.66. The van der Waals surface area contributed by atoms with Crippen LogP contribution in [-0.2, 0) is 5.92 Å². The zero-order valence-electron chi connectivity index (χ0n) is 7.27. The van der Waals surface area contributed by atoms with Crippen LogP contribution in [0.1, 0.15) is 12.5 Å². The lowest BCUT2D eigenvalue weighted by Gasteiger charge is -2.12. The number of methoxy groups -OCH3 is 1. The van der Waals surface area contributed by atoms with Crippen LogP contribution in [-0.4, -0.2) is 7.11 Å². The molecule has 0 spiro atoms. The van der Waals surface area contributed by atoms with Crippen molar-refractivity contribution < 1.29 is 13.5 Å². The summed E-state index contributed by atoms with van der Waals surface area (Å²) < 4.78 is 31.1. The number of hydrogen-bond donors (Lipinski definition) is 0. The molecule has 0 saturated carbocycles. The van der Waals surface area contributed by atoms with Crippen LogP contribution in [0.25, 0.3) is 0 Å². The summed E-state index contributed by atoms with van der Waals surface area (Å²) in [5, 5.41) is 0. The fraction of sp³-hybridized carbons (Fsp3) is 0.333. The highest BCUT2D eigenvalue weighted by atomic mass is 79.9. The summed E-state index contributed by atoms with van der Waals surface area (Å²) in [6.07, 6.45) is 0. The van der Waals surface area contributed by atoms with Crippen molar-refractivity contribution in [2.75, 3.05) is 7.11 Å². The van der Waals surface area contributed by atoms with Crippen molar-refractivity contribution in [3.63, 3.8) is 0 Å². The van der Waals surface area contributed by atoms with Gasteiger partial charge in [0, 0.05) is 12.5 Å². The zero-order chi connectivity index (χ0) is 10.1. The van der Waals surface area contributed by atoms with Gasteiger partial charge in [0.15, 0.2) is 0 Å². The molecule has 0 radical (unpaired) electrons. The minimum atomic E-state index is -2.81. The Morgan fingerprint density at radius 3 is 2.38 bits per heavy atom. The highest BCUT2D eigenvalue weighted by Crippen LogP contribution is 2.33. The van der Waals surface area contributed by atoms with Gasteiger partial charge >= 0.3 is 0 Å². The predicted octanol–water partition coefficient (Wildman–Crippen LogP) is 3.57. The number of ether oxygens (including phenoxy) is 1. The van der Waals surface area contributed by atoms with Crippen molar-refractivity contribution in [2.24, 2.45) is 0 Å². The Hall–Kier alpha value is -0.640. The quantitative estimate of drug-likeness (QED) is 0.780. The monoisotopic (exact) mass is 250 g/mol. The smallest absolute Gasteiger partial charge is 0.270 e. The molecule has 0 atom stereocenters. The molecule has 0 amide bonds. The molecular weight excluding hydrogens is 242 g/mol. The molecule has 0 aliphatic carbocycles. The molecule has 1 aromatic carbocycles. The molecule has 1 aromatic rings. The number of hydrogen-bond acceptors (Lipinski definition) is 1. The summed E-state index contributed by atoms with van der Waals surface area (Å²) in [6, 6.07) is 4.22. The number of alkyl halides is 2. The first-order chi connectivity index (χ1) is 5.95. The van der Waals surface area contributed by atoms with Crippen molar-refractivity contribution in [1.82, 2.24) is 0 Å². The Balaban J connectivity index is 3.10. The molecule has 0 bridgehead atoms. The van der Waals surface area contributed by atoms with Gasteiger partial charge in [0.2, 0.25) is 0 Å². The van der Waals surface area contributed by atoms with E-state index in [0.717, 1.165) is 6.92 Å². The Morgan fingerprint density at radius 1 is 1.38 bits per heavy atom. The van der Waals surface area contributed by atoms with E-state index >= 15 is 0 Å². The number of rotatable bonds is 2. The second kappa shape index (κ2) is 3.62. The molecule has 4 heteroatoms. The Morgan fingerprint density at radius 2 is 2.00 bits per heavy atom. The highest BCUT2D eigenvalue weighted by Gasteiger charge is 2.24. The molecule has 13 heavy (non-hydrogen) atoms. The van der Waals surface area contributed by atoms with E-state index in [1.54, 1.807) is 0 Å². The third kappa shape index (κ3) is 2.40. The van der Waals surface area contributed by atoms with Gasteiger partial charge in [-0.05, 0) is 34.1 Å². The van der Waals surface area contributed by atoms with Gasteiger partial charge in [-0.2, -0.15) is 0 Å². The van der Waals surface area contributed by atoms with E-state index in [1.165, 1.54) is 25.3 Å². The molecule has 0 aromatic heterocycles. The Labute approximate surface area is 83.8 Å². The third-order valence-corrected chi connectivity index (χ3v) is 2.28. The van der Waals surface area contributed by atoms with E-state index < -0.39 is 5.92 Å². The molecule has 72 valence electrons. The summed E-state index contributed by atoms with van der Waals surface area (Å²) in [4.78, 5) is 0. The van der Waals surface area contributed by atoms with Gasteiger partial charge in [-0.15, -0.1) is 0 Å². The van der Waals surface area contributed by atoms with Gasteiger partial charge in [-0.3, -0.25) is 0 Å². The van der Waals surface area contributed by atoms with Crippen LogP contribution in [0.5, 0.6) is 5.75 Å². The van der Waals surface area contributed by atoms with Gasteiger partial charge in [-0.25, -0.2) is 8.78 Å². The van der Waals surface area contributed by atoms with E-state index in [4.69, 9.17) is 4.74 Å². The minimum absolute atomic E-state index is 0.0276. The van der Waals surface area contributed by atoms with E-state index in [-0.39, 0.29) is 5.56 Å². The van der Waals surface area contributed by atoms with Gasteiger partial charge < -0.3 is 4.74 Å². The highest BCUT2D eigenvalue weighted by molar-refractivity contribution is 9.10. The van der Waals surface area contributed by atoms with Crippen LogP contribution < -0.4 is 4.74 Å². The largest absolute Gasteiger partial charge is 0.496 e. The van der Waals surface area contributed by atoms with Crippen LogP contribution in [0.2, 0.25) is 0 Å². The second-order valence-electron chi connectivity index (χ2n) is 2.74. The van der Waals surface area contributed by atoms with Crippen LogP contribution in [0.4, 0.5) is 8.78 Å². The fourth-order valence-electron chi connectivity index (χ4n) is 0.939. The minimum Gasteiger partial charge on any atom is -0.496 e. The zero-order valence-corrected chi connectivity index (χ0v) is 8.86. The maximum atomic E-state index is 12.8. The molecule has 0 fully saturated rings. The summed E-state index contributed by atoms with van der Waals surface area (Å²) in [5.41, 5.74) is -0.0276. The first-order valence-electron chi connectivity index (χ1n) is 3.67. The molecule has 1 rings (SSSR count). The molecular formula is C9H9BrF2O. The first kappa shape index (κ1) is 10.4. The molecule has 0 heterocycles. The molecule has 1 nitrogen and oxygen atoms in total. The van der Waals surface area contributed by atoms with Gasteiger partial charge in [0.1, 0.15) is 5.75 Å². The first-order valence-corrected chi connectivity index (χ1v) is 4.46. The van der Waals surface area contributed by atoms with Crippen molar-refractivity contribution in [3.05, 3.63) is 28.2 Å². The van der Waals surface area contributed by atoms with Crippen molar-refractivity contribution in [2.45, 2.75) is 12.8 Å². The maximum absolute atomic E-state index is 12.8. The average molecular weight is 251 g/mol. The Bertz CT molecular complexity index is 307. The summed E-state index contributed by atoms with van der Waals surface area (Å²) in [7, 11) is 1.49. The lowest BCUT2D eigenvalue weighted by atomic mass is 10.1. The standard InChI is InChI=1S/C9H9BrF2O/c1-9(11,12)6-3-4-8(13-2)7(10)5-6/h3-5H,1-2H3. The summed E-state index contributed by atoms with van der Waals surface area (Å²) in [5.74, 6) is -2.26. The van der Waals surface area contributed by atoms with Crippen molar-refractivity contribution in [1.29, 1.82) is 0 Å². The lowest BCUT2D eigenvalue weighted by molar-refractivity contribution is 0.0174. The van der Waals surface area contributed by atoms with Crippen molar-refractivity contribution >= 4 is 15.9 Å². The van der Waals surface area contributed by atoms with Gasteiger partial charge in [-0.1, -0.05) is 0 Å². The van der Waals surface area contributed by atoms with Crippen LogP contribution in [0, 0.1) is 0 Å². The normalized spacial score (nSPS) is 11.5. The second-order valence-corrected chi connectivity index (χ2v) is 3.59. The van der Waals surface area contributed by atoms with Gasteiger partial charge in [0.25, 0.3) is 5.92 Å². The topological polar surface area (TPSA) is 9.23 Å². The summed E-state index contributed by atoms with van der Waals surface area (Å²) >= 11 is 3.14. The van der Waals surface area contributed by atoms with E-state index in [0.29, 0.717) is 10.2 Å². The SMILES string of the molecule is COc1ccc(C(C)(F)F)cc1Br. The fourth-order valence-corrected chi connectivity index (χ4v) is 1.48. The number of halogens is 3. The van der Waals surface area contributed by atoms with Crippen LogP contribution in [0.3, 0.4) is 0 Å². The Kier molecular flexibility index (Phi) is 2.91. The molecule has 0 aliphatic heterocycles. The average Bonchev–Trinajstić information content (AvgIpc) is 2.02. The van der Waals surface area contributed by atoms with Crippen molar-refractivity contribution in [3.8, 4) is 5.75 Å².